The summed E-state index contributed by atoms with van der Waals surface area (Å²) in [6.45, 7) is 6.64. The molecule has 0 aromatic carbocycles. The summed E-state index contributed by atoms with van der Waals surface area (Å²) < 4.78 is 43.7. The molecule has 0 saturated heterocycles. The average Bonchev–Trinajstić information content (AvgIpc) is 3.48. The van der Waals surface area contributed by atoms with Gasteiger partial charge in [-0.3, -0.25) is 9.48 Å². The number of thiophene rings is 1. The van der Waals surface area contributed by atoms with Crippen LogP contribution in [0, 0.1) is 6.92 Å². The number of hydrogen-bond donors (Lipinski definition) is 1. The van der Waals surface area contributed by atoms with Crippen molar-refractivity contribution < 1.29 is 18.0 Å². The minimum Gasteiger partial charge on any atom is -0.348 e. The first kappa shape index (κ1) is 22.0. The van der Waals surface area contributed by atoms with E-state index in [2.05, 4.69) is 20.5 Å². The van der Waals surface area contributed by atoms with Crippen molar-refractivity contribution in [1.29, 1.82) is 0 Å². The Kier molecular flexibility index (Phi) is 5.76. The summed E-state index contributed by atoms with van der Waals surface area (Å²) in [6, 6.07) is 4.57. The van der Waals surface area contributed by atoms with Crippen molar-refractivity contribution >= 4 is 22.9 Å². The second kappa shape index (κ2) is 8.38. The van der Waals surface area contributed by atoms with Gasteiger partial charge in [-0.05, 0) is 38.5 Å². The van der Waals surface area contributed by atoms with Crippen LogP contribution in [-0.4, -0.2) is 30.3 Å². The first-order valence-corrected chi connectivity index (χ1v) is 10.9. The van der Waals surface area contributed by atoms with Gasteiger partial charge in [0.25, 0.3) is 5.91 Å². The second-order valence-corrected chi connectivity index (χ2v) is 8.38. The quantitative estimate of drug-likeness (QED) is 0.458. The number of alkyl halides is 3. The molecule has 4 rings (SSSR count). The zero-order valence-corrected chi connectivity index (χ0v) is 18.5. The molecule has 7 nitrogen and oxygen atoms in total. The monoisotopic (exact) mass is 462 g/mol. The number of aromatic nitrogens is 5. The number of halogens is 3. The van der Waals surface area contributed by atoms with E-state index in [1.165, 1.54) is 11.3 Å². The molecule has 0 fully saturated rings. The van der Waals surface area contributed by atoms with Gasteiger partial charge in [-0.1, -0.05) is 6.92 Å². The molecule has 0 radical (unpaired) electrons. The third-order valence-corrected chi connectivity index (χ3v) is 6.33. The Labute approximate surface area is 185 Å². The maximum Gasteiger partial charge on any atom is 0.433 e. The van der Waals surface area contributed by atoms with E-state index in [1.807, 2.05) is 33.0 Å². The molecule has 0 aliphatic heterocycles. The summed E-state index contributed by atoms with van der Waals surface area (Å²) in [4.78, 5) is 18.8. The van der Waals surface area contributed by atoms with Gasteiger partial charge in [0.05, 0.1) is 22.5 Å². The number of nitrogens with zero attached hydrogens (tertiary/aromatic N) is 5. The van der Waals surface area contributed by atoms with E-state index in [-0.39, 0.29) is 23.4 Å². The van der Waals surface area contributed by atoms with Crippen LogP contribution in [0.4, 0.5) is 13.2 Å². The molecule has 0 saturated carbocycles. The highest BCUT2D eigenvalue weighted by Crippen LogP contribution is 2.34. The topological polar surface area (TPSA) is 77.1 Å². The number of nitrogens with one attached hydrogen (secondary N) is 1. The molecule has 0 atom stereocenters. The molecule has 0 bridgehead atoms. The summed E-state index contributed by atoms with van der Waals surface area (Å²) in [5, 5.41) is 10.9. The zero-order valence-electron chi connectivity index (χ0n) is 17.7. The van der Waals surface area contributed by atoms with Crippen molar-refractivity contribution in [3.63, 3.8) is 0 Å². The lowest BCUT2D eigenvalue weighted by atomic mass is 10.2. The first-order valence-electron chi connectivity index (χ1n) is 10.1. The average molecular weight is 463 g/mol. The third-order valence-electron chi connectivity index (χ3n) is 5.08. The van der Waals surface area contributed by atoms with Crippen LogP contribution in [0.2, 0.25) is 0 Å². The molecule has 4 heterocycles. The number of carbonyl (C=O) groups excluding carboxylic acids is 1. The molecule has 4 aromatic rings. The molecule has 11 heteroatoms. The molecular weight excluding hydrogens is 441 g/mol. The largest absolute Gasteiger partial charge is 0.433 e. The molecule has 0 aliphatic rings. The maximum atomic E-state index is 13.7. The summed E-state index contributed by atoms with van der Waals surface area (Å²) in [5.41, 5.74) is 0.611. The van der Waals surface area contributed by atoms with Crippen LogP contribution >= 0.6 is 11.3 Å². The van der Waals surface area contributed by atoms with Crippen molar-refractivity contribution in [2.24, 2.45) is 0 Å². The fourth-order valence-corrected chi connectivity index (χ4v) is 4.23. The lowest BCUT2D eigenvalue weighted by molar-refractivity contribution is -0.142. The maximum absolute atomic E-state index is 13.7. The summed E-state index contributed by atoms with van der Waals surface area (Å²) in [7, 11) is 0. The zero-order chi connectivity index (χ0) is 23.0. The number of hydrogen-bond acceptors (Lipinski definition) is 5. The molecule has 1 N–H and O–H groups in total. The Morgan fingerprint density at radius 2 is 2.03 bits per heavy atom. The molecule has 1 amide bonds. The highest BCUT2D eigenvalue weighted by molar-refractivity contribution is 7.15. The van der Waals surface area contributed by atoms with E-state index in [1.54, 1.807) is 10.7 Å². The Balaban J connectivity index is 1.72. The number of carbonyl (C=O) groups is 1. The fraction of sp³-hybridized carbons (Fsp3) is 0.333. The van der Waals surface area contributed by atoms with Crippen molar-refractivity contribution in [3.8, 4) is 10.6 Å². The van der Waals surface area contributed by atoms with Gasteiger partial charge in [0.15, 0.2) is 11.3 Å². The highest BCUT2D eigenvalue weighted by Gasteiger charge is 2.36. The van der Waals surface area contributed by atoms with Crippen molar-refractivity contribution in [2.45, 2.75) is 46.5 Å². The highest BCUT2D eigenvalue weighted by atomic mass is 32.1. The molecule has 0 unspecified atom stereocenters. The smallest absolute Gasteiger partial charge is 0.348 e. The minimum absolute atomic E-state index is 0.0230. The Hall–Kier alpha value is -3.21. The van der Waals surface area contributed by atoms with Gasteiger partial charge in [-0.25, -0.2) is 9.50 Å². The van der Waals surface area contributed by atoms with Gasteiger partial charge >= 0.3 is 6.18 Å². The molecule has 0 spiro atoms. The van der Waals surface area contributed by atoms with Crippen molar-refractivity contribution in [1.82, 2.24) is 29.7 Å². The van der Waals surface area contributed by atoms with Crippen LogP contribution < -0.4 is 5.32 Å². The number of amides is 1. The van der Waals surface area contributed by atoms with Crippen LogP contribution in [0.15, 0.2) is 30.6 Å². The van der Waals surface area contributed by atoms with Gasteiger partial charge in [0.1, 0.15) is 5.56 Å². The van der Waals surface area contributed by atoms with Crippen molar-refractivity contribution in [2.75, 3.05) is 0 Å². The summed E-state index contributed by atoms with van der Waals surface area (Å²) >= 11 is 1.37. The molecule has 32 heavy (non-hydrogen) atoms. The van der Waals surface area contributed by atoms with Crippen LogP contribution in [0.25, 0.3) is 16.2 Å². The van der Waals surface area contributed by atoms with Gasteiger partial charge in [-0.2, -0.15) is 23.4 Å². The normalized spacial score (nSPS) is 11.9. The molecule has 4 aromatic heterocycles. The number of rotatable bonds is 6. The predicted octanol–water partition coefficient (Wildman–Crippen LogP) is 4.49. The molecular formula is C21H21F3N6OS. The van der Waals surface area contributed by atoms with Crippen LogP contribution in [0.1, 0.15) is 46.0 Å². The van der Waals surface area contributed by atoms with E-state index >= 15 is 0 Å². The lowest BCUT2D eigenvalue weighted by Gasteiger charge is -2.11. The Bertz CT molecular complexity index is 1290. The van der Waals surface area contributed by atoms with Crippen LogP contribution in [0.3, 0.4) is 0 Å². The van der Waals surface area contributed by atoms with Crippen LogP contribution in [-0.2, 0) is 25.7 Å². The molecule has 0 aliphatic carbocycles. The van der Waals surface area contributed by atoms with E-state index < -0.39 is 17.8 Å². The fourth-order valence-electron chi connectivity index (χ4n) is 3.32. The first-order chi connectivity index (χ1) is 15.2. The van der Waals surface area contributed by atoms with E-state index in [9.17, 15) is 18.0 Å². The SMILES string of the molecule is CCc1ccc(-c2cc(C(F)(F)F)n3ncc(C(=O)NCc4cn(CC)nc4C)c3n2)s1. The lowest BCUT2D eigenvalue weighted by Crippen LogP contribution is -2.23. The van der Waals surface area contributed by atoms with Gasteiger partial charge in [0.2, 0.25) is 0 Å². The molecule has 168 valence electrons. The number of fused-ring (bicyclic) bond motifs is 1. The van der Waals surface area contributed by atoms with E-state index in [0.717, 1.165) is 34.8 Å². The van der Waals surface area contributed by atoms with Gasteiger partial charge in [-0.15, -0.1) is 11.3 Å². The standard InChI is InChI=1S/C21H21F3N6OS/c1-4-14-6-7-17(32-14)16-8-18(21(22,23)24)30-19(27-16)15(10-26-30)20(31)25-9-13-11-29(5-2)28-12(13)3/h6-8,10-11H,4-5,9H2,1-3H3,(H,25,31). The Morgan fingerprint density at radius 3 is 2.66 bits per heavy atom. The number of aryl methyl sites for hydroxylation is 3. The predicted molar refractivity (Wildman–Crippen MR) is 114 cm³/mol. The summed E-state index contributed by atoms with van der Waals surface area (Å²) in [5.74, 6) is -0.554. The van der Waals surface area contributed by atoms with Crippen molar-refractivity contribution in [3.05, 3.63) is 58.0 Å². The Morgan fingerprint density at radius 1 is 1.25 bits per heavy atom. The third kappa shape index (κ3) is 4.12. The van der Waals surface area contributed by atoms with Gasteiger partial charge in [0, 0.05) is 29.7 Å². The second-order valence-electron chi connectivity index (χ2n) is 7.22. The van der Waals surface area contributed by atoms with E-state index in [4.69, 9.17) is 0 Å². The van der Waals surface area contributed by atoms with Gasteiger partial charge < -0.3 is 5.32 Å². The summed E-state index contributed by atoms with van der Waals surface area (Å²) in [6.07, 6.45) is -0.948. The van der Waals surface area contributed by atoms with Crippen LogP contribution in [0.5, 0.6) is 0 Å². The minimum atomic E-state index is -4.66. The van der Waals surface area contributed by atoms with E-state index in [0.29, 0.717) is 15.9 Å².